The summed E-state index contributed by atoms with van der Waals surface area (Å²) >= 11 is 0. The van der Waals surface area contributed by atoms with Crippen LogP contribution in [0.25, 0.3) is 0 Å². The molecule has 92 valence electrons. The zero-order chi connectivity index (χ0) is 12.9. The van der Waals surface area contributed by atoms with Gasteiger partial charge in [0.1, 0.15) is 11.8 Å². The van der Waals surface area contributed by atoms with E-state index in [2.05, 4.69) is 0 Å². The fourth-order valence-corrected chi connectivity index (χ4v) is 1.19. The zero-order valence-electron chi connectivity index (χ0n) is 8.92. The van der Waals surface area contributed by atoms with Gasteiger partial charge in [-0.25, -0.2) is 0 Å². The van der Waals surface area contributed by atoms with E-state index < -0.39 is 11.7 Å². The van der Waals surface area contributed by atoms with Crippen molar-refractivity contribution in [1.29, 1.82) is 5.26 Å². The highest BCUT2D eigenvalue weighted by Crippen LogP contribution is 2.32. The van der Waals surface area contributed by atoms with Crippen LogP contribution in [-0.4, -0.2) is 13.2 Å². The summed E-state index contributed by atoms with van der Waals surface area (Å²) in [4.78, 5) is 0. The second kappa shape index (κ2) is 5.55. The van der Waals surface area contributed by atoms with Gasteiger partial charge in [0.05, 0.1) is 17.7 Å². The van der Waals surface area contributed by atoms with E-state index in [-0.39, 0.29) is 17.9 Å². The zero-order valence-corrected chi connectivity index (χ0v) is 8.92. The van der Waals surface area contributed by atoms with Crippen LogP contribution in [0, 0.1) is 11.3 Å². The Morgan fingerprint density at radius 2 is 2.06 bits per heavy atom. The molecule has 0 aliphatic carbocycles. The predicted molar refractivity (Wildman–Crippen MR) is 55.3 cm³/mol. The second-order valence-corrected chi connectivity index (χ2v) is 3.31. The van der Waals surface area contributed by atoms with Gasteiger partial charge in [-0.3, -0.25) is 0 Å². The summed E-state index contributed by atoms with van der Waals surface area (Å²) < 4.78 is 42.3. The second-order valence-electron chi connectivity index (χ2n) is 3.31. The van der Waals surface area contributed by atoms with Crippen LogP contribution in [0.15, 0.2) is 18.2 Å². The van der Waals surface area contributed by atoms with Gasteiger partial charge in [-0.05, 0) is 31.2 Å². The van der Waals surface area contributed by atoms with Crippen LogP contribution < -0.4 is 10.5 Å². The first kappa shape index (κ1) is 13.3. The number of ether oxygens (including phenoxy) is 1. The van der Waals surface area contributed by atoms with Crippen molar-refractivity contribution >= 4 is 0 Å². The summed E-state index contributed by atoms with van der Waals surface area (Å²) in [5.41, 5.74) is 4.26. The number of halogens is 3. The van der Waals surface area contributed by atoms with E-state index in [1.54, 1.807) is 6.07 Å². The van der Waals surface area contributed by atoms with Crippen LogP contribution in [0.4, 0.5) is 13.2 Å². The fourth-order valence-electron chi connectivity index (χ4n) is 1.19. The lowest BCUT2D eigenvalue weighted by Gasteiger charge is -2.10. The molecule has 0 radical (unpaired) electrons. The summed E-state index contributed by atoms with van der Waals surface area (Å²) in [6.45, 7) is 0.694. The van der Waals surface area contributed by atoms with E-state index in [1.165, 1.54) is 0 Å². The molecule has 0 atom stereocenters. The van der Waals surface area contributed by atoms with Crippen LogP contribution in [0.3, 0.4) is 0 Å². The third-order valence-corrected chi connectivity index (χ3v) is 2.03. The Morgan fingerprint density at radius 1 is 1.35 bits per heavy atom. The number of nitrogens with zero attached hydrogens (tertiary/aromatic N) is 1. The van der Waals surface area contributed by atoms with Gasteiger partial charge < -0.3 is 10.5 Å². The SMILES string of the molecule is N#Cc1cc(C(F)(F)F)ccc1OCCCN. The van der Waals surface area contributed by atoms with E-state index in [1.807, 2.05) is 0 Å². The lowest BCUT2D eigenvalue weighted by Crippen LogP contribution is -2.08. The first-order valence-electron chi connectivity index (χ1n) is 4.93. The Hall–Kier alpha value is -1.74. The minimum atomic E-state index is -4.46. The average Bonchev–Trinajstić information content (AvgIpc) is 2.28. The Labute approximate surface area is 96.6 Å². The minimum Gasteiger partial charge on any atom is -0.492 e. The van der Waals surface area contributed by atoms with Crippen LogP contribution in [0.2, 0.25) is 0 Å². The molecule has 6 heteroatoms. The molecule has 0 spiro atoms. The average molecular weight is 244 g/mol. The molecular formula is C11H11F3N2O. The number of benzene rings is 1. The van der Waals surface area contributed by atoms with Crippen molar-refractivity contribution in [2.45, 2.75) is 12.6 Å². The molecule has 1 aromatic carbocycles. The van der Waals surface area contributed by atoms with Gasteiger partial charge in [0.25, 0.3) is 0 Å². The van der Waals surface area contributed by atoms with E-state index in [9.17, 15) is 13.2 Å². The van der Waals surface area contributed by atoms with E-state index in [4.69, 9.17) is 15.7 Å². The molecule has 0 saturated carbocycles. The molecule has 0 aromatic heterocycles. The summed E-state index contributed by atoms with van der Waals surface area (Å²) in [5, 5.41) is 8.74. The van der Waals surface area contributed by atoms with Crippen molar-refractivity contribution in [2.75, 3.05) is 13.2 Å². The molecule has 0 aliphatic heterocycles. The van der Waals surface area contributed by atoms with Crippen LogP contribution in [-0.2, 0) is 6.18 Å². The molecule has 0 bridgehead atoms. The minimum absolute atomic E-state index is 0.128. The molecule has 3 nitrogen and oxygen atoms in total. The normalized spacial score (nSPS) is 11.0. The molecule has 2 N–H and O–H groups in total. The molecular weight excluding hydrogens is 233 g/mol. The monoisotopic (exact) mass is 244 g/mol. The molecule has 1 aromatic rings. The third kappa shape index (κ3) is 3.64. The van der Waals surface area contributed by atoms with E-state index in [0.717, 1.165) is 18.2 Å². The lowest BCUT2D eigenvalue weighted by molar-refractivity contribution is -0.137. The molecule has 1 rings (SSSR count). The number of alkyl halides is 3. The molecule has 0 heterocycles. The topological polar surface area (TPSA) is 59.0 Å². The molecule has 0 fully saturated rings. The van der Waals surface area contributed by atoms with Gasteiger partial charge in [-0.1, -0.05) is 0 Å². The predicted octanol–water partition coefficient (Wildman–Crippen LogP) is 2.30. The summed E-state index contributed by atoms with van der Waals surface area (Å²) in [6.07, 6.45) is -3.88. The van der Waals surface area contributed by atoms with Gasteiger partial charge >= 0.3 is 6.18 Å². The Bertz CT molecular complexity index is 424. The highest BCUT2D eigenvalue weighted by molar-refractivity contribution is 5.46. The third-order valence-electron chi connectivity index (χ3n) is 2.03. The standard InChI is InChI=1S/C11H11F3N2O/c12-11(13,14)9-2-3-10(8(6-9)7-16)17-5-1-4-15/h2-3,6H,1,4-5,15H2. The smallest absolute Gasteiger partial charge is 0.416 e. The summed E-state index contributed by atoms with van der Waals surface area (Å²) in [5.74, 6) is 0.147. The van der Waals surface area contributed by atoms with Crippen LogP contribution in [0.5, 0.6) is 5.75 Å². The molecule has 0 unspecified atom stereocenters. The Kier molecular flexibility index (Phi) is 4.35. The summed E-state index contributed by atoms with van der Waals surface area (Å²) in [7, 11) is 0. The van der Waals surface area contributed by atoms with Gasteiger partial charge in [0, 0.05) is 0 Å². The molecule has 0 aliphatic rings. The van der Waals surface area contributed by atoms with Crippen LogP contribution >= 0.6 is 0 Å². The van der Waals surface area contributed by atoms with Crippen molar-refractivity contribution in [3.05, 3.63) is 29.3 Å². The fraction of sp³-hybridized carbons (Fsp3) is 0.364. The molecule has 0 amide bonds. The largest absolute Gasteiger partial charge is 0.492 e. The molecule has 0 saturated heterocycles. The van der Waals surface area contributed by atoms with Crippen molar-refractivity contribution < 1.29 is 17.9 Å². The number of nitrogens with two attached hydrogens (primary N) is 1. The van der Waals surface area contributed by atoms with Crippen molar-refractivity contribution in [3.8, 4) is 11.8 Å². The van der Waals surface area contributed by atoms with Crippen LogP contribution in [0.1, 0.15) is 17.5 Å². The number of nitriles is 1. The Morgan fingerprint density at radius 3 is 2.59 bits per heavy atom. The number of hydrogen-bond donors (Lipinski definition) is 1. The van der Waals surface area contributed by atoms with Crippen molar-refractivity contribution in [1.82, 2.24) is 0 Å². The van der Waals surface area contributed by atoms with E-state index in [0.29, 0.717) is 13.0 Å². The first-order valence-corrected chi connectivity index (χ1v) is 4.93. The quantitative estimate of drug-likeness (QED) is 0.827. The maximum Gasteiger partial charge on any atom is 0.416 e. The van der Waals surface area contributed by atoms with Gasteiger partial charge in [0.2, 0.25) is 0 Å². The summed E-state index contributed by atoms with van der Waals surface area (Å²) in [6, 6.07) is 4.49. The van der Waals surface area contributed by atoms with Gasteiger partial charge in [-0.15, -0.1) is 0 Å². The molecule has 17 heavy (non-hydrogen) atoms. The van der Waals surface area contributed by atoms with Gasteiger partial charge in [0.15, 0.2) is 0 Å². The van der Waals surface area contributed by atoms with Crippen molar-refractivity contribution in [3.63, 3.8) is 0 Å². The first-order chi connectivity index (χ1) is 7.99. The maximum absolute atomic E-state index is 12.4. The highest BCUT2D eigenvalue weighted by atomic mass is 19.4. The lowest BCUT2D eigenvalue weighted by atomic mass is 10.1. The number of hydrogen-bond acceptors (Lipinski definition) is 3. The van der Waals surface area contributed by atoms with E-state index >= 15 is 0 Å². The van der Waals surface area contributed by atoms with Gasteiger partial charge in [-0.2, -0.15) is 18.4 Å². The Balaban J connectivity index is 2.91. The highest BCUT2D eigenvalue weighted by Gasteiger charge is 2.31. The van der Waals surface area contributed by atoms with Crippen molar-refractivity contribution in [2.24, 2.45) is 5.73 Å². The maximum atomic E-state index is 12.4. The number of rotatable bonds is 4.